The molecule has 12 heteroatoms. The number of aromatic nitrogens is 7. The Kier molecular flexibility index (Phi) is 6.35. The number of aromatic amines is 1. The summed E-state index contributed by atoms with van der Waals surface area (Å²) < 4.78 is 13.7. The highest BCUT2D eigenvalue weighted by molar-refractivity contribution is 6.30. The van der Waals surface area contributed by atoms with E-state index in [-0.39, 0.29) is 23.9 Å². The summed E-state index contributed by atoms with van der Waals surface area (Å²) in [4.78, 5) is 33.3. The Balaban J connectivity index is 1.44. The SMILES string of the molecule is CC1CCC(Cn2c(N3CCO[C@H]4CCC[C@@H]43)nc3nc(-c4n[nH]c(=O)o4)nc(-c4cncc(Cl)c4)c32)CC1. The van der Waals surface area contributed by atoms with Crippen LogP contribution >= 0.6 is 11.6 Å². The lowest BCUT2D eigenvalue weighted by atomic mass is 9.83. The molecule has 1 N–H and O–H groups in total. The van der Waals surface area contributed by atoms with Gasteiger partial charge in [0.1, 0.15) is 11.2 Å². The number of imidazole rings is 1. The molecular weight excluding hydrogens is 520 g/mol. The van der Waals surface area contributed by atoms with E-state index in [1.165, 1.54) is 25.7 Å². The third-order valence-corrected chi connectivity index (χ3v) is 8.71. The van der Waals surface area contributed by atoms with Crippen molar-refractivity contribution < 1.29 is 9.15 Å². The summed E-state index contributed by atoms with van der Waals surface area (Å²) in [5, 5.41) is 6.78. The van der Waals surface area contributed by atoms with Gasteiger partial charge in [-0.1, -0.05) is 31.4 Å². The first-order chi connectivity index (χ1) is 19.0. The molecule has 2 aliphatic carbocycles. The van der Waals surface area contributed by atoms with Crippen molar-refractivity contribution in [2.24, 2.45) is 11.8 Å². The van der Waals surface area contributed by atoms with Gasteiger partial charge in [-0.05, 0) is 50.0 Å². The number of H-pyrrole nitrogens is 1. The minimum Gasteiger partial charge on any atom is -0.384 e. The van der Waals surface area contributed by atoms with E-state index in [1.807, 2.05) is 6.07 Å². The molecule has 5 heterocycles. The zero-order valence-electron chi connectivity index (χ0n) is 21.8. The molecule has 7 rings (SSSR count). The Labute approximate surface area is 230 Å². The summed E-state index contributed by atoms with van der Waals surface area (Å²) >= 11 is 6.38. The molecule has 11 nitrogen and oxygen atoms in total. The number of pyridine rings is 1. The molecule has 0 spiro atoms. The van der Waals surface area contributed by atoms with Gasteiger partial charge in [0.15, 0.2) is 5.65 Å². The molecule has 39 heavy (non-hydrogen) atoms. The number of fused-ring (bicyclic) bond motifs is 2. The molecule has 0 aromatic carbocycles. The highest BCUT2D eigenvalue weighted by Gasteiger charge is 2.39. The number of hydrogen-bond donors (Lipinski definition) is 1. The number of hydrogen-bond acceptors (Lipinski definition) is 9. The van der Waals surface area contributed by atoms with E-state index in [9.17, 15) is 4.79 Å². The van der Waals surface area contributed by atoms with Gasteiger partial charge in [-0.3, -0.25) is 4.98 Å². The predicted molar refractivity (Wildman–Crippen MR) is 146 cm³/mol. The van der Waals surface area contributed by atoms with Crippen LogP contribution in [0.25, 0.3) is 34.1 Å². The van der Waals surface area contributed by atoms with Crippen LogP contribution < -0.4 is 10.7 Å². The Morgan fingerprint density at radius 3 is 2.77 bits per heavy atom. The normalized spacial score (nSPS) is 25.3. The molecule has 2 atom stereocenters. The van der Waals surface area contributed by atoms with Crippen LogP contribution in [0, 0.1) is 11.8 Å². The minimum absolute atomic E-state index is 0.0118. The van der Waals surface area contributed by atoms with E-state index < -0.39 is 5.76 Å². The Morgan fingerprint density at radius 2 is 1.97 bits per heavy atom. The fraction of sp³-hybridized carbons (Fsp3) is 0.556. The maximum Gasteiger partial charge on any atom is 0.434 e. The lowest BCUT2D eigenvalue weighted by molar-refractivity contribution is 0.0247. The van der Waals surface area contributed by atoms with Gasteiger partial charge in [-0.25, -0.2) is 19.9 Å². The van der Waals surface area contributed by atoms with E-state index in [0.717, 1.165) is 55.3 Å². The van der Waals surface area contributed by atoms with Gasteiger partial charge >= 0.3 is 5.76 Å². The number of nitrogens with zero attached hydrogens (tertiary/aromatic N) is 7. The standard InChI is InChI=1S/C27H31ClN8O3/c1-15-5-7-16(8-6-15)14-36-22-21(17-11-18(28)13-29-12-17)30-24(25-33-34-27(37)39-25)31-23(22)32-26(36)35-9-10-38-20-4-2-3-19(20)35/h11-13,15-16,19-20H,2-10,14H2,1H3,(H,34,37)/t15?,16?,19-,20-/m0/s1. The first kappa shape index (κ1) is 24.7. The smallest absolute Gasteiger partial charge is 0.384 e. The number of anilines is 1. The lowest BCUT2D eigenvalue weighted by Gasteiger charge is -2.39. The molecule has 4 aromatic heterocycles. The molecule has 0 radical (unpaired) electrons. The van der Waals surface area contributed by atoms with Gasteiger partial charge in [-0.15, -0.1) is 5.10 Å². The second kappa shape index (κ2) is 10.0. The summed E-state index contributed by atoms with van der Waals surface area (Å²) in [6.07, 6.45) is 11.7. The average Bonchev–Trinajstić information content (AvgIpc) is 3.68. The Hall–Kier alpha value is -3.31. The number of halogens is 1. The summed E-state index contributed by atoms with van der Waals surface area (Å²) in [6, 6.07) is 2.12. The topological polar surface area (TPSA) is 128 Å². The van der Waals surface area contributed by atoms with Crippen molar-refractivity contribution in [3.8, 4) is 23.0 Å². The molecule has 3 aliphatic rings. The van der Waals surface area contributed by atoms with Gasteiger partial charge in [0.05, 0.1) is 23.8 Å². The number of rotatable bonds is 5. The van der Waals surface area contributed by atoms with Crippen molar-refractivity contribution in [3.63, 3.8) is 0 Å². The van der Waals surface area contributed by atoms with Crippen molar-refractivity contribution >= 4 is 28.7 Å². The second-order valence-corrected chi connectivity index (χ2v) is 11.6. The Morgan fingerprint density at radius 1 is 1.10 bits per heavy atom. The molecule has 0 unspecified atom stereocenters. The number of nitrogens with one attached hydrogen (secondary N) is 1. The molecule has 0 amide bonds. The van der Waals surface area contributed by atoms with Gasteiger partial charge in [0.25, 0.3) is 5.89 Å². The van der Waals surface area contributed by atoms with Crippen molar-refractivity contribution in [1.82, 2.24) is 34.7 Å². The second-order valence-electron chi connectivity index (χ2n) is 11.1. The summed E-state index contributed by atoms with van der Waals surface area (Å²) in [5.41, 5.74) is 2.73. The summed E-state index contributed by atoms with van der Waals surface area (Å²) in [7, 11) is 0. The molecule has 1 aliphatic heterocycles. The van der Waals surface area contributed by atoms with Crippen molar-refractivity contribution in [2.75, 3.05) is 18.1 Å². The van der Waals surface area contributed by atoms with Crippen LogP contribution in [-0.4, -0.2) is 60.0 Å². The van der Waals surface area contributed by atoms with Crippen molar-refractivity contribution in [1.29, 1.82) is 0 Å². The van der Waals surface area contributed by atoms with Crippen LogP contribution in [-0.2, 0) is 11.3 Å². The summed E-state index contributed by atoms with van der Waals surface area (Å²) in [5.74, 6) is 1.72. The highest BCUT2D eigenvalue weighted by atomic mass is 35.5. The number of morpholine rings is 1. The first-order valence-electron chi connectivity index (χ1n) is 13.9. The first-order valence-corrected chi connectivity index (χ1v) is 14.2. The molecular formula is C27H31ClN8O3. The number of ether oxygens (including phenoxy) is 1. The fourth-order valence-electron chi connectivity index (χ4n) is 6.52. The lowest BCUT2D eigenvalue weighted by Crippen LogP contribution is -2.49. The maximum absolute atomic E-state index is 11.7. The quantitative estimate of drug-likeness (QED) is 0.382. The maximum atomic E-state index is 11.7. The third-order valence-electron chi connectivity index (χ3n) is 8.51. The Bertz CT molecular complexity index is 1560. The van der Waals surface area contributed by atoms with Crippen LogP contribution in [0.4, 0.5) is 5.95 Å². The molecule has 0 bridgehead atoms. The van der Waals surface area contributed by atoms with Crippen molar-refractivity contribution in [3.05, 3.63) is 34.0 Å². The van der Waals surface area contributed by atoms with E-state index in [4.69, 9.17) is 35.7 Å². The van der Waals surface area contributed by atoms with Crippen LogP contribution in [0.15, 0.2) is 27.7 Å². The van der Waals surface area contributed by atoms with E-state index in [0.29, 0.717) is 28.9 Å². The average molecular weight is 551 g/mol. The fourth-order valence-corrected chi connectivity index (χ4v) is 6.70. The molecule has 4 aromatic rings. The summed E-state index contributed by atoms with van der Waals surface area (Å²) in [6.45, 7) is 4.62. The van der Waals surface area contributed by atoms with Crippen LogP contribution in [0.2, 0.25) is 5.02 Å². The molecule has 3 fully saturated rings. The van der Waals surface area contributed by atoms with Crippen LogP contribution in [0.1, 0.15) is 51.9 Å². The van der Waals surface area contributed by atoms with Crippen LogP contribution in [0.3, 0.4) is 0 Å². The monoisotopic (exact) mass is 550 g/mol. The van der Waals surface area contributed by atoms with Crippen LogP contribution in [0.5, 0.6) is 0 Å². The van der Waals surface area contributed by atoms with E-state index in [2.05, 4.69) is 31.6 Å². The van der Waals surface area contributed by atoms with Crippen molar-refractivity contribution in [2.45, 2.75) is 70.6 Å². The van der Waals surface area contributed by atoms with Gasteiger partial charge in [0.2, 0.25) is 11.8 Å². The third kappa shape index (κ3) is 4.61. The molecule has 1 saturated heterocycles. The zero-order valence-corrected chi connectivity index (χ0v) is 22.6. The van der Waals surface area contributed by atoms with Gasteiger partial charge in [0, 0.05) is 31.0 Å². The van der Waals surface area contributed by atoms with Gasteiger partial charge < -0.3 is 18.6 Å². The van der Waals surface area contributed by atoms with E-state index in [1.54, 1.807) is 12.4 Å². The van der Waals surface area contributed by atoms with Gasteiger partial charge in [-0.2, -0.15) is 4.98 Å². The largest absolute Gasteiger partial charge is 0.434 e. The molecule has 204 valence electrons. The van der Waals surface area contributed by atoms with E-state index >= 15 is 0 Å². The molecule has 2 saturated carbocycles. The predicted octanol–water partition coefficient (Wildman–Crippen LogP) is 4.47. The minimum atomic E-state index is -0.669. The highest BCUT2D eigenvalue weighted by Crippen LogP contribution is 2.39. The zero-order chi connectivity index (χ0) is 26.5.